The van der Waals surface area contributed by atoms with E-state index in [9.17, 15) is 0 Å². The van der Waals surface area contributed by atoms with E-state index in [0.29, 0.717) is 0 Å². The molecule has 0 spiro atoms. The van der Waals surface area contributed by atoms with E-state index < -0.39 is 0 Å². The standard InChI is InChI=1S/C5H5.2BrH.Ti/c1-2-4-5-3-1;;;/h1-5H;2*1H;/q;;;+2/p-2. The number of allylic oxidation sites excluding steroid dienone is 4. The second kappa shape index (κ2) is 8.15. The summed E-state index contributed by atoms with van der Waals surface area (Å²) in [6.07, 6.45) is 10.0. The zero-order valence-corrected chi connectivity index (χ0v) is 8.88. The molecule has 0 saturated carbocycles. The molecule has 1 aliphatic carbocycles. The van der Waals surface area contributed by atoms with E-state index >= 15 is 0 Å². The van der Waals surface area contributed by atoms with Gasteiger partial charge in [0.05, 0.1) is 0 Å². The van der Waals surface area contributed by atoms with Crippen LogP contribution in [0.4, 0.5) is 0 Å². The summed E-state index contributed by atoms with van der Waals surface area (Å²) in [5.74, 6) is 0. The van der Waals surface area contributed by atoms with Crippen LogP contribution in [-0.4, -0.2) is 0 Å². The predicted octanol–water partition coefficient (Wildman–Crippen LogP) is 3.01. The molecule has 0 heterocycles. The monoisotopic (exact) mass is 271 g/mol. The summed E-state index contributed by atoms with van der Waals surface area (Å²) >= 11 is 6.50. The van der Waals surface area contributed by atoms with E-state index in [1.165, 1.54) is 0 Å². The minimum Gasteiger partial charge on any atom is -0.0767 e. The van der Waals surface area contributed by atoms with Crippen LogP contribution in [0.3, 0.4) is 0 Å². The van der Waals surface area contributed by atoms with Gasteiger partial charge in [0.1, 0.15) is 0 Å². The molecule has 1 aliphatic rings. The Hall–Kier alpha value is 1.15. The average molecular weight is 273 g/mol. The van der Waals surface area contributed by atoms with Crippen LogP contribution in [0.25, 0.3) is 0 Å². The molecule has 43 valence electrons. The summed E-state index contributed by atoms with van der Waals surface area (Å²) in [4.78, 5) is 0. The summed E-state index contributed by atoms with van der Waals surface area (Å²) in [5, 5.41) is 0. The van der Waals surface area contributed by atoms with Crippen molar-refractivity contribution in [3.05, 3.63) is 30.7 Å². The molecule has 0 bridgehead atoms. The van der Waals surface area contributed by atoms with Gasteiger partial charge in [-0.15, -0.1) is 0 Å². The third kappa shape index (κ3) is 7.15. The molecular formula is C5H5Br2Ti. The Labute approximate surface area is 71.5 Å². The molecule has 0 amide bonds. The molecule has 1 rings (SSSR count). The predicted molar refractivity (Wildman–Crippen MR) is 40.4 cm³/mol. The summed E-state index contributed by atoms with van der Waals surface area (Å²) < 4.78 is 0. The van der Waals surface area contributed by atoms with Gasteiger partial charge in [0.25, 0.3) is 0 Å². The fourth-order valence-corrected chi connectivity index (χ4v) is 0.321. The largest absolute Gasteiger partial charge is 0.0767 e. The molecule has 0 aromatic carbocycles. The van der Waals surface area contributed by atoms with Crippen molar-refractivity contribution in [2.24, 2.45) is 0 Å². The van der Waals surface area contributed by atoms with E-state index in [2.05, 4.69) is 26.3 Å². The first-order chi connectivity index (χ1) is 3.91. The van der Waals surface area contributed by atoms with Crippen LogP contribution >= 0.6 is 26.3 Å². The van der Waals surface area contributed by atoms with Gasteiger partial charge in [-0.2, -0.15) is 0 Å². The average Bonchev–Trinajstić information content (AvgIpc) is 2.17. The topological polar surface area (TPSA) is 0 Å². The maximum atomic E-state index is 3.19. The van der Waals surface area contributed by atoms with Crippen LogP contribution < -0.4 is 0 Å². The molecule has 0 fully saturated rings. The Morgan fingerprint density at radius 3 is 1.38 bits per heavy atom. The number of halogens is 2. The SMILES string of the molecule is [Br][Ti][Br].[CH]1C=CC=C1. The molecule has 1 radical (unpaired) electrons. The third-order valence-corrected chi connectivity index (χ3v) is 0.556. The zero-order chi connectivity index (χ0) is 6.24. The van der Waals surface area contributed by atoms with Crippen LogP contribution in [0.5, 0.6) is 0 Å². The van der Waals surface area contributed by atoms with E-state index in [1.807, 2.05) is 30.7 Å². The van der Waals surface area contributed by atoms with Gasteiger partial charge in [0.2, 0.25) is 0 Å². The van der Waals surface area contributed by atoms with E-state index in [4.69, 9.17) is 0 Å². The molecule has 0 nitrogen and oxygen atoms in total. The van der Waals surface area contributed by atoms with Gasteiger partial charge in [-0.05, 0) is 0 Å². The first kappa shape index (κ1) is 9.15. The molecule has 0 atom stereocenters. The minimum atomic E-state index is 0.125. The van der Waals surface area contributed by atoms with Gasteiger partial charge in [-0.1, -0.05) is 24.3 Å². The molecule has 0 N–H and O–H groups in total. The maximum Gasteiger partial charge on any atom is 0.00506 e. The van der Waals surface area contributed by atoms with E-state index in [1.54, 1.807) is 0 Å². The molecule has 3 heteroatoms. The van der Waals surface area contributed by atoms with Crippen molar-refractivity contribution in [2.75, 3.05) is 0 Å². The summed E-state index contributed by atoms with van der Waals surface area (Å²) in [5.41, 5.74) is 0. The van der Waals surface area contributed by atoms with Gasteiger partial charge < -0.3 is 0 Å². The molecule has 8 heavy (non-hydrogen) atoms. The van der Waals surface area contributed by atoms with Crippen LogP contribution in [-0.2, 0) is 15.0 Å². The van der Waals surface area contributed by atoms with Gasteiger partial charge in [-0.3, -0.25) is 0 Å². The van der Waals surface area contributed by atoms with Crippen molar-refractivity contribution in [1.29, 1.82) is 0 Å². The van der Waals surface area contributed by atoms with Crippen LogP contribution in [0.2, 0.25) is 0 Å². The van der Waals surface area contributed by atoms with Gasteiger partial charge in [-0.25, -0.2) is 0 Å². The van der Waals surface area contributed by atoms with E-state index in [-0.39, 0.29) is 15.0 Å². The normalized spacial score (nSPS) is 12.8. The summed E-state index contributed by atoms with van der Waals surface area (Å²) in [6.45, 7) is 0. The van der Waals surface area contributed by atoms with Crippen molar-refractivity contribution in [2.45, 2.75) is 0 Å². The van der Waals surface area contributed by atoms with Crippen molar-refractivity contribution < 1.29 is 15.0 Å². The molecular weight excluding hydrogens is 268 g/mol. The van der Waals surface area contributed by atoms with Crippen molar-refractivity contribution in [3.63, 3.8) is 0 Å². The third-order valence-electron chi connectivity index (χ3n) is 0.556. The summed E-state index contributed by atoms with van der Waals surface area (Å²) in [7, 11) is 0. The molecule has 0 saturated heterocycles. The number of rotatable bonds is 0. The smallest absolute Gasteiger partial charge is 0.00506 e. The fraction of sp³-hybridized carbons (Fsp3) is 0. The minimum absolute atomic E-state index is 0.125. The first-order valence-corrected chi connectivity index (χ1v) is 9.76. The molecule has 0 aromatic rings. The van der Waals surface area contributed by atoms with Crippen LogP contribution in [0.1, 0.15) is 0 Å². The fourth-order valence-electron chi connectivity index (χ4n) is 0.321. The van der Waals surface area contributed by atoms with Crippen molar-refractivity contribution >= 4 is 26.3 Å². The van der Waals surface area contributed by atoms with Gasteiger partial charge in [0, 0.05) is 6.42 Å². The number of hydrogen-bond acceptors (Lipinski definition) is 0. The van der Waals surface area contributed by atoms with E-state index in [0.717, 1.165) is 0 Å². The summed E-state index contributed by atoms with van der Waals surface area (Å²) in [6, 6.07) is 0. The van der Waals surface area contributed by atoms with Crippen molar-refractivity contribution in [3.8, 4) is 0 Å². The Balaban J connectivity index is 0.000000145. The molecule has 0 aliphatic heterocycles. The van der Waals surface area contributed by atoms with Gasteiger partial charge >= 0.3 is 41.3 Å². The Kier molecular flexibility index (Phi) is 9.33. The number of hydrogen-bond donors (Lipinski definition) is 0. The Morgan fingerprint density at radius 1 is 0.875 bits per heavy atom. The maximum absolute atomic E-state index is 3.19. The molecule has 0 aromatic heterocycles. The Morgan fingerprint density at radius 2 is 1.25 bits per heavy atom. The zero-order valence-electron chi connectivity index (χ0n) is 4.14. The second-order valence-electron chi connectivity index (χ2n) is 1.03. The van der Waals surface area contributed by atoms with Crippen molar-refractivity contribution in [1.82, 2.24) is 0 Å². The Bertz CT molecular complexity index is 78.4. The first-order valence-electron chi connectivity index (χ1n) is 2.04. The van der Waals surface area contributed by atoms with Crippen LogP contribution in [0.15, 0.2) is 24.3 Å². The molecule has 0 unspecified atom stereocenters. The quantitative estimate of drug-likeness (QED) is 0.595. The van der Waals surface area contributed by atoms with Crippen LogP contribution in [0, 0.1) is 6.42 Å². The second-order valence-corrected chi connectivity index (χ2v) is 8.91. The van der Waals surface area contributed by atoms with Gasteiger partial charge in [0.15, 0.2) is 0 Å².